The Morgan fingerprint density at radius 1 is 1.25 bits per heavy atom. The summed E-state index contributed by atoms with van der Waals surface area (Å²) in [4.78, 5) is 0. The fourth-order valence-electron chi connectivity index (χ4n) is 1.81. The van der Waals surface area contributed by atoms with E-state index < -0.39 is 0 Å². The standard InChI is InChI=1S/C15H23N/c1-5-11-16-15(12(3)4)14-9-7-13(6-2)8-10-14/h7-10,15-16H,3,5-6,11H2,1-2,4H3. The van der Waals surface area contributed by atoms with Gasteiger partial charge >= 0.3 is 0 Å². The Balaban J connectivity index is 2.79. The van der Waals surface area contributed by atoms with Crippen molar-refractivity contribution in [1.29, 1.82) is 0 Å². The molecule has 0 saturated heterocycles. The second kappa shape index (κ2) is 6.49. The van der Waals surface area contributed by atoms with Gasteiger partial charge in [0.15, 0.2) is 0 Å². The maximum Gasteiger partial charge on any atom is 0.0530 e. The third kappa shape index (κ3) is 3.49. The van der Waals surface area contributed by atoms with Crippen molar-refractivity contribution in [3.8, 4) is 0 Å². The predicted molar refractivity (Wildman–Crippen MR) is 71.7 cm³/mol. The van der Waals surface area contributed by atoms with E-state index in [1.54, 1.807) is 0 Å². The molecular weight excluding hydrogens is 194 g/mol. The molecule has 0 radical (unpaired) electrons. The largest absolute Gasteiger partial charge is 0.307 e. The second-order valence-electron chi connectivity index (χ2n) is 4.33. The maximum absolute atomic E-state index is 4.06. The number of aryl methyl sites for hydroxylation is 1. The third-order valence-electron chi connectivity index (χ3n) is 2.81. The predicted octanol–water partition coefficient (Wildman–Crippen LogP) is 3.87. The smallest absolute Gasteiger partial charge is 0.0530 e. The van der Waals surface area contributed by atoms with Crippen LogP contribution in [0.25, 0.3) is 0 Å². The first-order valence-corrected chi connectivity index (χ1v) is 6.16. The minimum Gasteiger partial charge on any atom is -0.307 e. The topological polar surface area (TPSA) is 12.0 Å². The molecule has 0 spiro atoms. The molecule has 1 N–H and O–H groups in total. The highest BCUT2D eigenvalue weighted by molar-refractivity contribution is 5.29. The zero-order valence-electron chi connectivity index (χ0n) is 10.7. The quantitative estimate of drug-likeness (QED) is 0.713. The van der Waals surface area contributed by atoms with E-state index in [2.05, 4.69) is 56.9 Å². The van der Waals surface area contributed by atoms with Crippen LogP contribution in [-0.4, -0.2) is 6.54 Å². The van der Waals surface area contributed by atoms with Crippen molar-refractivity contribution in [3.63, 3.8) is 0 Å². The summed E-state index contributed by atoms with van der Waals surface area (Å²) in [6.07, 6.45) is 2.25. The molecule has 0 amide bonds. The van der Waals surface area contributed by atoms with Gasteiger partial charge in [-0.15, -0.1) is 0 Å². The van der Waals surface area contributed by atoms with Gasteiger partial charge in [-0.05, 0) is 37.4 Å². The summed E-state index contributed by atoms with van der Waals surface area (Å²) < 4.78 is 0. The molecule has 0 bridgehead atoms. The van der Waals surface area contributed by atoms with E-state index in [1.165, 1.54) is 16.7 Å². The molecule has 0 saturated carbocycles. The minimum atomic E-state index is 0.297. The lowest BCUT2D eigenvalue weighted by atomic mass is 9.99. The maximum atomic E-state index is 4.06. The highest BCUT2D eigenvalue weighted by atomic mass is 14.9. The Labute approximate surface area is 99.6 Å². The van der Waals surface area contributed by atoms with Gasteiger partial charge in [0, 0.05) is 0 Å². The van der Waals surface area contributed by atoms with Crippen molar-refractivity contribution < 1.29 is 0 Å². The monoisotopic (exact) mass is 217 g/mol. The molecular formula is C15H23N. The molecule has 0 aromatic heterocycles. The van der Waals surface area contributed by atoms with Crippen molar-refractivity contribution in [1.82, 2.24) is 5.32 Å². The molecule has 16 heavy (non-hydrogen) atoms. The van der Waals surface area contributed by atoms with Crippen LogP contribution in [0.4, 0.5) is 0 Å². The molecule has 88 valence electrons. The Hall–Kier alpha value is -1.08. The summed E-state index contributed by atoms with van der Waals surface area (Å²) in [6.45, 7) is 11.5. The number of hydrogen-bond donors (Lipinski definition) is 1. The van der Waals surface area contributed by atoms with E-state index in [9.17, 15) is 0 Å². The Kier molecular flexibility index (Phi) is 5.27. The van der Waals surface area contributed by atoms with Crippen LogP contribution in [0.5, 0.6) is 0 Å². The van der Waals surface area contributed by atoms with Crippen LogP contribution in [0.1, 0.15) is 44.4 Å². The number of nitrogens with one attached hydrogen (secondary N) is 1. The minimum absolute atomic E-state index is 0.297. The molecule has 1 aromatic rings. The summed E-state index contributed by atoms with van der Waals surface area (Å²) in [5.74, 6) is 0. The summed E-state index contributed by atoms with van der Waals surface area (Å²) in [6, 6.07) is 9.13. The Morgan fingerprint density at radius 3 is 2.31 bits per heavy atom. The first kappa shape index (κ1) is 13.0. The van der Waals surface area contributed by atoms with Crippen molar-refractivity contribution in [2.24, 2.45) is 0 Å². The average Bonchev–Trinajstić information content (AvgIpc) is 2.30. The Morgan fingerprint density at radius 2 is 1.88 bits per heavy atom. The van der Waals surface area contributed by atoms with Gasteiger partial charge in [0.25, 0.3) is 0 Å². The van der Waals surface area contributed by atoms with Crippen LogP contribution in [-0.2, 0) is 6.42 Å². The van der Waals surface area contributed by atoms with Crippen LogP contribution < -0.4 is 5.32 Å². The van der Waals surface area contributed by atoms with Crippen LogP contribution >= 0.6 is 0 Å². The van der Waals surface area contributed by atoms with Crippen molar-refractivity contribution in [2.75, 3.05) is 6.54 Å². The van der Waals surface area contributed by atoms with E-state index in [0.717, 1.165) is 19.4 Å². The fourth-order valence-corrected chi connectivity index (χ4v) is 1.81. The average molecular weight is 217 g/mol. The highest BCUT2D eigenvalue weighted by Gasteiger charge is 2.10. The number of benzene rings is 1. The lowest BCUT2D eigenvalue weighted by Crippen LogP contribution is -2.22. The van der Waals surface area contributed by atoms with Crippen LogP contribution in [0.15, 0.2) is 36.4 Å². The molecule has 0 fully saturated rings. The molecule has 0 heterocycles. The van der Waals surface area contributed by atoms with Gasteiger partial charge < -0.3 is 5.32 Å². The molecule has 1 atom stereocenters. The first-order chi connectivity index (χ1) is 7.69. The molecule has 1 aromatic carbocycles. The van der Waals surface area contributed by atoms with Crippen molar-refractivity contribution >= 4 is 0 Å². The van der Waals surface area contributed by atoms with Gasteiger partial charge in [-0.1, -0.05) is 50.3 Å². The first-order valence-electron chi connectivity index (χ1n) is 6.16. The molecule has 1 unspecified atom stereocenters. The van der Waals surface area contributed by atoms with Gasteiger partial charge in [-0.2, -0.15) is 0 Å². The van der Waals surface area contributed by atoms with E-state index in [1.807, 2.05) is 0 Å². The van der Waals surface area contributed by atoms with Crippen LogP contribution in [0.3, 0.4) is 0 Å². The Bertz CT molecular complexity index is 324. The summed E-state index contributed by atoms with van der Waals surface area (Å²) in [5.41, 5.74) is 3.88. The van der Waals surface area contributed by atoms with E-state index in [0.29, 0.717) is 6.04 Å². The third-order valence-corrected chi connectivity index (χ3v) is 2.81. The summed E-state index contributed by atoms with van der Waals surface area (Å²) >= 11 is 0. The van der Waals surface area contributed by atoms with Crippen LogP contribution in [0, 0.1) is 0 Å². The van der Waals surface area contributed by atoms with Gasteiger partial charge in [0.1, 0.15) is 0 Å². The zero-order chi connectivity index (χ0) is 12.0. The molecule has 1 nitrogen and oxygen atoms in total. The number of hydrogen-bond acceptors (Lipinski definition) is 1. The fraction of sp³-hybridized carbons (Fsp3) is 0.467. The second-order valence-corrected chi connectivity index (χ2v) is 4.33. The van der Waals surface area contributed by atoms with Crippen molar-refractivity contribution in [2.45, 2.75) is 39.7 Å². The molecule has 1 heteroatoms. The van der Waals surface area contributed by atoms with Gasteiger partial charge in [0.2, 0.25) is 0 Å². The van der Waals surface area contributed by atoms with Gasteiger partial charge in [-0.3, -0.25) is 0 Å². The lowest BCUT2D eigenvalue weighted by molar-refractivity contribution is 0.591. The zero-order valence-corrected chi connectivity index (χ0v) is 10.7. The summed E-state index contributed by atoms with van der Waals surface area (Å²) in [5, 5.41) is 3.52. The van der Waals surface area contributed by atoms with E-state index in [4.69, 9.17) is 0 Å². The molecule has 0 aliphatic carbocycles. The molecule has 0 aliphatic rings. The van der Waals surface area contributed by atoms with Gasteiger partial charge in [-0.25, -0.2) is 0 Å². The van der Waals surface area contributed by atoms with Gasteiger partial charge in [0.05, 0.1) is 6.04 Å². The molecule has 0 aliphatic heterocycles. The normalized spacial score (nSPS) is 12.4. The lowest BCUT2D eigenvalue weighted by Gasteiger charge is -2.19. The van der Waals surface area contributed by atoms with Crippen molar-refractivity contribution in [3.05, 3.63) is 47.5 Å². The van der Waals surface area contributed by atoms with E-state index >= 15 is 0 Å². The SMILES string of the molecule is C=C(C)C(NCCC)c1ccc(CC)cc1. The highest BCUT2D eigenvalue weighted by Crippen LogP contribution is 2.20. The number of rotatable bonds is 6. The molecule has 1 rings (SSSR count). The van der Waals surface area contributed by atoms with E-state index in [-0.39, 0.29) is 0 Å². The van der Waals surface area contributed by atoms with Crippen LogP contribution in [0.2, 0.25) is 0 Å². The summed E-state index contributed by atoms with van der Waals surface area (Å²) in [7, 11) is 0.